The number of amides is 1. The molecule has 0 spiro atoms. The van der Waals surface area contributed by atoms with Gasteiger partial charge in [0.1, 0.15) is 5.60 Å². The predicted molar refractivity (Wildman–Crippen MR) is 81.5 cm³/mol. The van der Waals surface area contributed by atoms with Crippen molar-refractivity contribution in [3.05, 3.63) is 17.3 Å². The second kappa shape index (κ2) is 6.64. The minimum atomic E-state index is -0.571. The molecule has 0 saturated carbocycles. The zero-order valence-electron chi connectivity index (χ0n) is 12.9. The molecule has 1 saturated heterocycles. The van der Waals surface area contributed by atoms with Gasteiger partial charge in [0.05, 0.1) is 6.20 Å². The minimum absolute atomic E-state index is 0.0243. The van der Waals surface area contributed by atoms with E-state index in [1.165, 1.54) is 0 Å². The van der Waals surface area contributed by atoms with Crippen molar-refractivity contribution in [1.29, 1.82) is 0 Å². The highest BCUT2D eigenvalue weighted by atomic mass is 35.5. The van der Waals surface area contributed by atoms with Crippen molar-refractivity contribution in [2.45, 2.75) is 45.3 Å². The molecular weight excluding hydrogens is 311 g/mol. The van der Waals surface area contributed by atoms with Crippen LogP contribution in [0.5, 0.6) is 0 Å². The molecule has 1 fully saturated rings. The lowest BCUT2D eigenvalue weighted by Crippen LogP contribution is -2.47. The molecule has 1 amide bonds. The van der Waals surface area contributed by atoms with Gasteiger partial charge in [0, 0.05) is 19.1 Å². The van der Waals surface area contributed by atoms with Gasteiger partial charge in [0.15, 0.2) is 11.6 Å². The van der Waals surface area contributed by atoms with Gasteiger partial charge >= 0.3 is 6.09 Å². The third-order valence-electron chi connectivity index (χ3n) is 3.13. The van der Waals surface area contributed by atoms with Gasteiger partial charge in [0.25, 0.3) is 0 Å². The molecule has 6 nitrogen and oxygen atoms in total. The summed E-state index contributed by atoms with van der Waals surface area (Å²) >= 11 is 5.67. The molecule has 1 atom stereocenters. The van der Waals surface area contributed by atoms with Crippen molar-refractivity contribution >= 4 is 23.5 Å². The van der Waals surface area contributed by atoms with Crippen LogP contribution in [0.25, 0.3) is 0 Å². The molecule has 0 bridgehead atoms. The highest BCUT2D eigenvalue weighted by Gasteiger charge is 2.28. The molecule has 1 aromatic heterocycles. The Hall–Kier alpha value is -1.63. The number of halogens is 2. The maximum absolute atomic E-state index is 13.7. The number of anilines is 1. The summed E-state index contributed by atoms with van der Waals surface area (Å²) in [5, 5.41) is 2.95. The van der Waals surface area contributed by atoms with E-state index in [0.717, 1.165) is 19.0 Å². The molecular formula is C14H20ClFN4O2. The van der Waals surface area contributed by atoms with Crippen LogP contribution in [0.2, 0.25) is 5.28 Å². The van der Waals surface area contributed by atoms with E-state index in [2.05, 4.69) is 15.3 Å². The van der Waals surface area contributed by atoms with Crippen LogP contribution in [0.1, 0.15) is 33.6 Å². The third-order valence-corrected chi connectivity index (χ3v) is 3.31. The van der Waals surface area contributed by atoms with E-state index >= 15 is 0 Å². The molecule has 1 aromatic rings. The van der Waals surface area contributed by atoms with Crippen LogP contribution in [0, 0.1) is 5.82 Å². The Morgan fingerprint density at radius 3 is 2.95 bits per heavy atom. The van der Waals surface area contributed by atoms with Crippen molar-refractivity contribution in [2.75, 3.05) is 18.4 Å². The number of hydrogen-bond donors (Lipinski definition) is 1. The maximum Gasteiger partial charge on any atom is 0.410 e. The smallest absolute Gasteiger partial charge is 0.410 e. The molecule has 0 radical (unpaired) electrons. The summed E-state index contributed by atoms with van der Waals surface area (Å²) in [5.41, 5.74) is -0.538. The van der Waals surface area contributed by atoms with E-state index in [-0.39, 0.29) is 23.2 Å². The number of nitrogens with one attached hydrogen (secondary N) is 1. The highest BCUT2D eigenvalue weighted by Crippen LogP contribution is 2.19. The van der Waals surface area contributed by atoms with Gasteiger partial charge in [-0.2, -0.15) is 4.98 Å². The highest BCUT2D eigenvalue weighted by molar-refractivity contribution is 6.28. The predicted octanol–water partition coefficient (Wildman–Crippen LogP) is 3.08. The zero-order chi connectivity index (χ0) is 16.3. The number of ether oxygens (including phenoxy) is 1. The van der Waals surface area contributed by atoms with E-state index in [0.29, 0.717) is 13.1 Å². The number of nitrogens with zero attached hydrogens (tertiary/aromatic N) is 3. The Bertz CT molecular complexity index is 550. The quantitative estimate of drug-likeness (QED) is 0.844. The van der Waals surface area contributed by atoms with Crippen molar-refractivity contribution in [3.8, 4) is 0 Å². The minimum Gasteiger partial charge on any atom is -0.444 e. The first kappa shape index (κ1) is 16.7. The SMILES string of the molecule is CC(C)(C)OC(=O)N1CCC[C@H](Nc2nc(Cl)ncc2F)C1. The first-order chi connectivity index (χ1) is 10.2. The molecule has 22 heavy (non-hydrogen) atoms. The average molecular weight is 331 g/mol. The number of piperidine rings is 1. The van der Waals surface area contributed by atoms with Gasteiger partial charge in [-0.15, -0.1) is 0 Å². The van der Waals surface area contributed by atoms with Crippen molar-refractivity contribution in [2.24, 2.45) is 0 Å². The van der Waals surface area contributed by atoms with Crippen LogP contribution in [0.15, 0.2) is 6.20 Å². The van der Waals surface area contributed by atoms with E-state index in [1.54, 1.807) is 4.90 Å². The molecule has 1 aliphatic heterocycles. The van der Waals surface area contributed by atoms with Gasteiger partial charge in [-0.3, -0.25) is 0 Å². The van der Waals surface area contributed by atoms with Crippen LogP contribution >= 0.6 is 11.6 Å². The van der Waals surface area contributed by atoms with E-state index in [4.69, 9.17) is 16.3 Å². The summed E-state index contributed by atoms with van der Waals surface area (Å²) in [7, 11) is 0. The second-order valence-electron chi connectivity index (χ2n) is 6.25. The van der Waals surface area contributed by atoms with Crippen molar-refractivity contribution in [3.63, 3.8) is 0 Å². The molecule has 1 N–H and O–H groups in total. The van der Waals surface area contributed by atoms with Crippen LogP contribution in [0.3, 0.4) is 0 Å². The normalized spacial score (nSPS) is 19.0. The number of carbonyl (C=O) groups excluding carboxylic acids is 1. The largest absolute Gasteiger partial charge is 0.444 e. The van der Waals surface area contributed by atoms with Gasteiger partial charge in [-0.25, -0.2) is 14.2 Å². The van der Waals surface area contributed by atoms with E-state index < -0.39 is 11.4 Å². The molecule has 8 heteroatoms. The topological polar surface area (TPSA) is 67.3 Å². The Morgan fingerprint density at radius 1 is 1.55 bits per heavy atom. The Balaban J connectivity index is 1.98. The lowest BCUT2D eigenvalue weighted by Gasteiger charge is -2.34. The molecule has 2 rings (SSSR count). The third kappa shape index (κ3) is 4.69. The molecule has 122 valence electrons. The van der Waals surface area contributed by atoms with Crippen LogP contribution in [-0.4, -0.2) is 45.7 Å². The monoisotopic (exact) mass is 330 g/mol. The second-order valence-corrected chi connectivity index (χ2v) is 6.58. The van der Waals surface area contributed by atoms with Crippen LogP contribution < -0.4 is 5.32 Å². The summed E-state index contributed by atoms with van der Waals surface area (Å²) in [5.74, 6) is -0.519. The molecule has 1 aliphatic rings. The fourth-order valence-electron chi connectivity index (χ4n) is 2.23. The summed E-state index contributed by atoms with van der Waals surface area (Å²) in [6.07, 6.45) is 2.27. The average Bonchev–Trinajstić information content (AvgIpc) is 2.41. The first-order valence-electron chi connectivity index (χ1n) is 7.17. The van der Waals surface area contributed by atoms with Gasteiger partial charge in [0.2, 0.25) is 5.28 Å². The summed E-state index contributed by atoms with van der Waals surface area (Å²) in [6.45, 7) is 6.52. The summed E-state index contributed by atoms with van der Waals surface area (Å²) < 4.78 is 19.0. The lowest BCUT2D eigenvalue weighted by molar-refractivity contribution is 0.0206. The first-order valence-corrected chi connectivity index (χ1v) is 7.55. The molecule has 0 aliphatic carbocycles. The molecule has 0 unspecified atom stereocenters. The summed E-state index contributed by atoms with van der Waals surface area (Å²) in [6, 6.07) is -0.110. The lowest BCUT2D eigenvalue weighted by atomic mass is 10.1. The number of carbonyl (C=O) groups is 1. The van der Waals surface area contributed by atoms with Gasteiger partial charge < -0.3 is 15.0 Å². The van der Waals surface area contributed by atoms with Crippen molar-refractivity contribution < 1.29 is 13.9 Å². The fourth-order valence-corrected chi connectivity index (χ4v) is 2.36. The summed E-state index contributed by atoms with van der Waals surface area (Å²) in [4.78, 5) is 21.1. The molecule has 2 heterocycles. The van der Waals surface area contributed by atoms with E-state index in [1.807, 2.05) is 20.8 Å². The Kier molecular flexibility index (Phi) is 5.05. The standard InChI is InChI=1S/C14H20ClFN4O2/c1-14(2,3)22-13(21)20-6-4-5-9(8-20)18-11-10(16)7-17-12(15)19-11/h7,9H,4-6,8H2,1-3H3,(H,17,18,19)/t9-/m0/s1. The number of rotatable bonds is 2. The Morgan fingerprint density at radius 2 is 2.27 bits per heavy atom. The fraction of sp³-hybridized carbons (Fsp3) is 0.643. The van der Waals surface area contributed by atoms with Gasteiger partial charge in [-0.1, -0.05) is 0 Å². The number of aromatic nitrogens is 2. The van der Waals surface area contributed by atoms with Crippen LogP contribution in [-0.2, 0) is 4.74 Å². The van der Waals surface area contributed by atoms with Crippen LogP contribution in [0.4, 0.5) is 15.0 Å². The number of likely N-dealkylation sites (tertiary alicyclic amines) is 1. The van der Waals surface area contributed by atoms with E-state index in [9.17, 15) is 9.18 Å². The molecule has 0 aromatic carbocycles. The van der Waals surface area contributed by atoms with Gasteiger partial charge in [-0.05, 0) is 45.2 Å². The Labute approximate surface area is 134 Å². The maximum atomic E-state index is 13.7. The number of hydrogen-bond acceptors (Lipinski definition) is 5. The van der Waals surface area contributed by atoms with Crippen molar-refractivity contribution in [1.82, 2.24) is 14.9 Å². The zero-order valence-corrected chi connectivity index (χ0v) is 13.7.